The molecule has 6 heteroatoms. The summed E-state index contributed by atoms with van der Waals surface area (Å²) in [7, 11) is 0. The Hall–Kier alpha value is -1.59. The predicted molar refractivity (Wildman–Crippen MR) is 89.3 cm³/mol. The molecule has 0 bridgehead atoms. The van der Waals surface area contributed by atoms with Gasteiger partial charge in [-0.05, 0) is 43.4 Å². The third kappa shape index (κ3) is 2.83. The van der Waals surface area contributed by atoms with E-state index in [-0.39, 0.29) is 24.4 Å². The average molecular weight is 321 g/mol. The van der Waals surface area contributed by atoms with E-state index in [4.69, 9.17) is 0 Å². The smallest absolute Gasteiger partial charge is 0.241 e. The van der Waals surface area contributed by atoms with E-state index in [0.717, 1.165) is 23.0 Å². The van der Waals surface area contributed by atoms with Crippen LogP contribution in [0.15, 0.2) is 24.4 Å². The molecule has 1 aromatic carbocycles. The molecule has 3 N–H and O–H groups in total. The minimum Gasteiger partial charge on any atom is -0.325 e. The molecule has 1 aliphatic carbocycles. The van der Waals surface area contributed by atoms with Crippen molar-refractivity contribution in [2.45, 2.75) is 44.2 Å². The third-order valence-corrected chi connectivity index (χ3v) is 4.89. The number of rotatable bonds is 2. The number of aromatic amines is 1. The molecule has 2 fully saturated rings. The van der Waals surface area contributed by atoms with Crippen molar-refractivity contribution in [2.24, 2.45) is 5.92 Å². The van der Waals surface area contributed by atoms with Crippen LogP contribution >= 0.6 is 12.4 Å². The van der Waals surface area contributed by atoms with Gasteiger partial charge in [0.15, 0.2) is 0 Å². The zero-order chi connectivity index (χ0) is 14.2. The van der Waals surface area contributed by atoms with Gasteiger partial charge in [-0.1, -0.05) is 12.8 Å². The van der Waals surface area contributed by atoms with E-state index >= 15 is 0 Å². The number of nitrogens with one attached hydrogen (secondary N) is 3. The molecule has 4 rings (SSSR count). The number of amides is 1. The maximum absolute atomic E-state index is 12.4. The Kier molecular flexibility index (Phi) is 4.36. The Morgan fingerprint density at radius 3 is 3.00 bits per heavy atom. The zero-order valence-corrected chi connectivity index (χ0v) is 13.2. The topological polar surface area (TPSA) is 69.8 Å². The number of hydrogen-bond acceptors (Lipinski definition) is 3. The van der Waals surface area contributed by atoms with Crippen molar-refractivity contribution >= 4 is 34.9 Å². The molecule has 5 nitrogen and oxygen atoms in total. The van der Waals surface area contributed by atoms with E-state index in [9.17, 15) is 4.79 Å². The molecule has 1 aliphatic heterocycles. The number of aromatic nitrogens is 2. The van der Waals surface area contributed by atoms with Crippen LogP contribution in [0.2, 0.25) is 0 Å². The number of anilines is 1. The van der Waals surface area contributed by atoms with Gasteiger partial charge < -0.3 is 10.6 Å². The van der Waals surface area contributed by atoms with Crippen molar-refractivity contribution in [1.29, 1.82) is 0 Å². The number of carbonyl (C=O) groups is 1. The summed E-state index contributed by atoms with van der Waals surface area (Å²) in [6, 6.07) is 6.33. The average Bonchev–Trinajstić information content (AvgIpc) is 3.13. The molecule has 3 atom stereocenters. The summed E-state index contributed by atoms with van der Waals surface area (Å²) >= 11 is 0. The van der Waals surface area contributed by atoms with Crippen LogP contribution in [0.3, 0.4) is 0 Å². The molecule has 118 valence electrons. The number of hydrogen-bond donors (Lipinski definition) is 3. The number of nitrogens with zero attached hydrogens (tertiary/aromatic N) is 1. The quantitative estimate of drug-likeness (QED) is 0.797. The van der Waals surface area contributed by atoms with Crippen LogP contribution in [0.4, 0.5) is 5.69 Å². The molecule has 2 aromatic rings. The first-order valence-corrected chi connectivity index (χ1v) is 7.79. The fourth-order valence-electron chi connectivity index (χ4n) is 3.77. The van der Waals surface area contributed by atoms with E-state index in [1.807, 2.05) is 18.2 Å². The van der Waals surface area contributed by atoms with Crippen molar-refractivity contribution < 1.29 is 4.79 Å². The van der Waals surface area contributed by atoms with E-state index in [2.05, 4.69) is 20.8 Å². The van der Waals surface area contributed by atoms with Crippen molar-refractivity contribution in [3.63, 3.8) is 0 Å². The van der Waals surface area contributed by atoms with Gasteiger partial charge in [-0.15, -0.1) is 12.4 Å². The highest BCUT2D eigenvalue weighted by Crippen LogP contribution is 2.33. The first-order valence-electron chi connectivity index (χ1n) is 7.79. The lowest BCUT2D eigenvalue weighted by Crippen LogP contribution is -2.39. The number of benzene rings is 1. The highest BCUT2D eigenvalue weighted by atomic mass is 35.5. The molecule has 22 heavy (non-hydrogen) atoms. The van der Waals surface area contributed by atoms with Gasteiger partial charge in [0.1, 0.15) is 0 Å². The van der Waals surface area contributed by atoms with Crippen LogP contribution in [0.1, 0.15) is 32.1 Å². The Labute approximate surface area is 135 Å². The lowest BCUT2D eigenvalue weighted by molar-refractivity contribution is -0.117. The van der Waals surface area contributed by atoms with Crippen molar-refractivity contribution in [2.75, 3.05) is 5.32 Å². The summed E-state index contributed by atoms with van der Waals surface area (Å²) in [5.74, 6) is 0.771. The standard InChI is InChI=1S/C16H20N4O.ClH/c21-16(15-7-10-3-1-2-4-13(10)19-15)18-12-6-5-11-9-17-20-14(11)8-12;/h5-6,8-10,13,15,19H,1-4,7H2,(H,17,20)(H,18,21);1H. The second-order valence-electron chi connectivity index (χ2n) is 6.27. The fraction of sp³-hybridized carbons (Fsp3) is 0.500. The molecule has 1 saturated heterocycles. The first kappa shape index (κ1) is 15.3. The maximum atomic E-state index is 12.4. The van der Waals surface area contributed by atoms with Crippen LogP contribution in [0.5, 0.6) is 0 Å². The first-order chi connectivity index (χ1) is 10.3. The second-order valence-corrected chi connectivity index (χ2v) is 6.27. The molecule has 0 radical (unpaired) electrons. The number of H-pyrrole nitrogens is 1. The SMILES string of the molecule is Cl.O=C(Nc1ccc2cn[nH]c2c1)C1CC2CCCCC2N1. The lowest BCUT2D eigenvalue weighted by atomic mass is 9.85. The summed E-state index contributed by atoms with van der Waals surface area (Å²) in [5, 5.41) is 14.5. The molecular formula is C16H21ClN4O. The van der Waals surface area contributed by atoms with Gasteiger partial charge in [-0.2, -0.15) is 5.10 Å². The van der Waals surface area contributed by atoms with Gasteiger partial charge in [0.2, 0.25) is 5.91 Å². The Morgan fingerprint density at radius 2 is 2.14 bits per heavy atom. The van der Waals surface area contributed by atoms with E-state index in [1.54, 1.807) is 6.20 Å². The predicted octanol–water partition coefficient (Wildman–Crippen LogP) is 2.84. The molecule has 3 unspecified atom stereocenters. The summed E-state index contributed by atoms with van der Waals surface area (Å²) in [5.41, 5.74) is 1.77. The normalized spacial score (nSPS) is 27.2. The lowest BCUT2D eigenvalue weighted by Gasteiger charge is -2.24. The minimum atomic E-state index is -0.0458. The summed E-state index contributed by atoms with van der Waals surface area (Å²) in [6.45, 7) is 0. The molecule has 1 saturated carbocycles. The zero-order valence-electron chi connectivity index (χ0n) is 12.3. The minimum absolute atomic E-state index is 0. The molecule has 2 aliphatic rings. The Balaban J connectivity index is 0.00000144. The van der Waals surface area contributed by atoms with E-state index in [1.165, 1.54) is 25.7 Å². The fourth-order valence-corrected chi connectivity index (χ4v) is 3.77. The summed E-state index contributed by atoms with van der Waals surface area (Å²) < 4.78 is 0. The van der Waals surface area contributed by atoms with Crippen molar-refractivity contribution in [3.05, 3.63) is 24.4 Å². The van der Waals surface area contributed by atoms with E-state index in [0.29, 0.717) is 12.0 Å². The van der Waals surface area contributed by atoms with Crippen LogP contribution in [-0.4, -0.2) is 28.2 Å². The number of carbonyl (C=O) groups excluding carboxylic acids is 1. The number of halogens is 1. The van der Waals surface area contributed by atoms with Gasteiger partial charge >= 0.3 is 0 Å². The second kappa shape index (κ2) is 6.26. The maximum Gasteiger partial charge on any atom is 0.241 e. The van der Waals surface area contributed by atoms with Crippen LogP contribution in [0, 0.1) is 5.92 Å². The van der Waals surface area contributed by atoms with Crippen molar-refractivity contribution in [1.82, 2.24) is 15.5 Å². The summed E-state index contributed by atoms with van der Waals surface area (Å²) in [4.78, 5) is 12.4. The van der Waals surface area contributed by atoms with Crippen LogP contribution < -0.4 is 10.6 Å². The monoisotopic (exact) mass is 320 g/mol. The highest BCUT2D eigenvalue weighted by molar-refractivity contribution is 5.96. The summed E-state index contributed by atoms with van der Waals surface area (Å²) in [6.07, 6.45) is 7.84. The van der Waals surface area contributed by atoms with E-state index < -0.39 is 0 Å². The van der Waals surface area contributed by atoms with Gasteiger partial charge in [0.25, 0.3) is 0 Å². The van der Waals surface area contributed by atoms with Gasteiger partial charge in [0, 0.05) is 17.1 Å². The largest absolute Gasteiger partial charge is 0.325 e. The number of fused-ring (bicyclic) bond motifs is 2. The molecule has 1 aromatic heterocycles. The molecule has 1 amide bonds. The molecular weight excluding hydrogens is 300 g/mol. The third-order valence-electron chi connectivity index (χ3n) is 4.89. The van der Waals surface area contributed by atoms with Gasteiger partial charge in [-0.3, -0.25) is 9.89 Å². The Bertz CT molecular complexity index is 657. The van der Waals surface area contributed by atoms with Crippen LogP contribution in [0.25, 0.3) is 10.9 Å². The van der Waals surface area contributed by atoms with Gasteiger partial charge in [0.05, 0.1) is 17.8 Å². The molecule has 2 heterocycles. The molecule has 0 spiro atoms. The van der Waals surface area contributed by atoms with Gasteiger partial charge in [-0.25, -0.2) is 0 Å². The Morgan fingerprint density at radius 1 is 1.27 bits per heavy atom. The van der Waals surface area contributed by atoms with Crippen LogP contribution in [-0.2, 0) is 4.79 Å². The van der Waals surface area contributed by atoms with Crippen molar-refractivity contribution in [3.8, 4) is 0 Å². The highest BCUT2D eigenvalue weighted by Gasteiger charge is 2.38.